The van der Waals surface area contributed by atoms with Gasteiger partial charge in [0.25, 0.3) is 5.24 Å². The lowest BCUT2D eigenvalue weighted by Crippen LogP contribution is -1.90. The number of halogens is 3. The van der Waals surface area contributed by atoms with Crippen LogP contribution in [0.25, 0.3) is 0 Å². The molecule has 0 atom stereocenters. The summed E-state index contributed by atoms with van der Waals surface area (Å²) in [6.45, 7) is 0. The van der Waals surface area contributed by atoms with Gasteiger partial charge in [0.1, 0.15) is 11.6 Å². The van der Waals surface area contributed by atoms with Crippen molar-refractivity contribution in [1.82, 2.24) is 0 Å². The highest BCUT2D eigenvalue weighted by Gasteiger charge is 2.10. The molecule has 2 nitrogen and oxygen atoms in total. The van der Waals surface area contributed by atoms with Gasteiger partial charge in [-0.2, -0.15) is 0 Å². The Morgan fingerprint density at radius 2 is 2.17 bits per heavy atom. The Balaban J connectivity index is 3.31. The van der Waals surface area contributed by atoms with Gasteiger partial charge in [0.15, 0.2) is 0 Å². The number of hydrogen-bond donors (Lipinski definition) is 1. The number of phenolic OH excluding ortho intramolecular Hbond substituents is 1. The summed E-state index contributed by atoms with van der Waals surface area (Å²) in [6, 6.07) is 2.03. The van der Waals surface area contributed by atoms with Crippen LogP contribution in [0.3, 0.4) is 0 Å². The second-order valence-electron chi connectivity index (χ2n) is 2.06. The lowest BCUT2D eigenvalue weighted by atomic mass is 10.2. The van der Waals surface area contributed by atoms with E-state index in [0.717, 1.165) is 12.1 Å². The molecule has 0 saturated heterocycles. The number of carbonyl (C=O) groups excluding carboxylic acids is 1. The molecule has 1 aromatic carbocycles. The summed E-state index contributed by atoms with van der Waals surface area (Å²) in [5.74, 6) is -1.07. The monoisotopic (exact) mass is 252 g/mol. The maximum absolute atomic E-state index is 12.8. The van der Waals surface area contributed by atoms with Crippen molar-refractivity contribution in [3.05, 3.63) is 28.0 Å². The molecule has 0 bridgehead atoms. The minimum absolute atomic E-state index is 0.0742. The van der Waals surface area contributed by atoms with Crippen molar-refractivity contribution in [3.63, 3.8) is 0 Å². The third kappa shape index (κ3) is 1.76. The third-order valence-corrected chi connectivity index (χ3v) is 2.24. The molecule has 0 unspecified atom stereocenters. The van der Waals surface area contributed by atoms with Crippen LogP contribution in [-0.2, 0) is 0 Å². The van der Waals surface area contributed by atoms with Gasteiger partial charge in [-0.25, -0.2) is 4.39 Å². The molecule has 0 saturated carbocycles. The fourth-order valence-electron chi connectivity index (χ4n) is 0.688. The van der Waals surface area contributed by atoms with E-state index in [1.54, 1.807) is 0 Å². The van der Waals surface area contributed by atoms with Gasteiger partial charge in [-0.3, -0.25) is 4.79 Å². The fourth-order valence-corrected chi connectivity index (χ4v) is 1.03. The zero-order valence-corrected chi connectivity index (χ0v) is 7.99. The van der Waals surface area contributed by atoms with Crippen molar-refractivity contribution in [3.8, 4) is 5.75 Å². The van der Waals surface area contributed by atoms with Gasteiger partial charge < -0.3 is 5.11 Å². The van der Waals surface area contributed by atoms with Crippen LogP contribution in [-0.4, -0.2) is 10.3 Å². The van der Waals surface area contributed by atoms with Gasteiger partial charge in [0.2, 0.25) is 0 Å². The van der Waals surface area contributed by atoms with E-state index in [-0.39, 0.29) is 15.8 Å². The number of aromatic hydroxyl groups is 1. The van der Waals surface area contributed by atoms with E-state index >= 15 is 0 Å². The zero-order chi connectivity index (χ0) is 9.30. The van der Waals surface area contributed by atoms with Gasteiger partial charge in [0.05, 0.1) is 4.47 Å². The Morgan fingerprint density at radius 1 is 1.58 bits per heavy atom. The number of hydrogen-bond acceptors (Lipinski definition) is 2. The molecular formula is C7H3BrClFO2. The second-order valence-corrected chi connectivity index (χ2v) is 3.20. The minimum atomic E-state index is -0.809. The highest BCUT2D eigenvalue weighted by molar-refractivity contribution is 9.10. The maximum Gasteiger partial charge on any atom is 0.252 e. The molecule has 5 heteroatoms. The first-order valence-corrected chi connectivity index (χ1v) is 4.07. The molecule has 0 amide bonds. The van der Waals surface area contributed by atoms with E-state index in [2.05, 4.69) is 15.9 Å². The molecule has 0 aromatic heterocycles. The zero-order valence-electron chi connectivity index (χ0n) is 5.64. The van der Waals surface area contributed by atoms with Crippen LogP contribution in [0.1, 0.15) is 10.4 Å². The normalized spacial score (nSPS) is 9.92. The van der Waals surface area contributed by atoms with Crippen LogP contribution in [0.5, 0.6) is 5.75 Å². The van der Waals surface area contributed by atoms with Crippen LogP contribution in [0.15, 0.2) is 16.6 Å². The summed E-state index contributed by atoms with van der Waals surface area (Å²) in [5, 5.41) is 8.22. The molecule has 0 heterocycles. The number of rotatable bonds is 1. The van der Waals surface area contributed by atoms with E-state index in [4.69, 9.17) is 16.7 Å². The lowest BCUT2D eigenvalue weighted by molar-refractivity contribution is 0.108. The fraction of sp³-hybridized carbons (Fsp3) is 0. The molecule has 0 aliphatic heterocycles. The Hall–Kier alpha value is -0.610. The largest absolute Gasteiger partial charge is 0.507 e. The average Bonchev–Trinajstić information content (AvgIpc) is 1.99. The second kappa shape index (κ2) is 3.41. The smallest absolute Gasteiger partial charge is 0.252 e. The van der Waals surface area contributed by atoms with Crippen LogP contribution < -0.4 is 0 Å². The first-order valence-electron chi connectivity index (χ1n) is 2.90. The molecule has 1 rings (SSSR count). The van der Waals surface area contributed by atoms with Gasteiger partial charge >= 0.3 is 0 Å². The molecule has 0 fully saturated rings. The molecule has 1 aromatic rings. The SMILES string of the molecule is O=C(Cl)c1cc(O)c(Br)c(F)c1. The van der Waals surface area contributed by atoms with Crippen molar-refractivity contribution in [1.29, 1.82) is 0 Å². The van der Waals surface area contributed by atoms with Crippen LogP contribution in [0.2, 0.25) is 0 Å². The predicted octanol–water partition coefficient (Wildman–Crippen LogP) is 2.67. The first kappa shape index (κ1) is 9.48. The van der Waals surface area contributed by atoms with Crippen molar-refractivity contribution in [2.45, 2.75) is 0 Å². The van der Waals surface area contributed by atoms with Gasteiger partial charge in [-0.05, 0) is 39.7 Å². The van der Waals surface area contributed by atoms with Crippen LogP contribution in [0, 0.1) is 5.82 Å². The van der Waals surface area contributed by atoms with E-state index in [9.17, 15) is 9.18 Å². The molecule has 12 heavy (non-hydrogen) atoms. The summed E-state index contributed by atoms with van der Waals surface area (Å²) in [6.07, 6.45) is 0. The molecular weight excluding hydrogens is 250 g/mol. The van der Waals surface area contributed by atoms with Crippen LogP contribution in [0.4, 0.5) is 4.39 Å². The van der Waals surface area contributed by atoms with Crippen molar-refractivity contribution >= 4 is 32.8 Å². The van der Waals surface area contributed by atoms with Crippen molar-refractivity contribution in [2.24, 2.45) is 0 Å². The average molecular weight is 253 g/mol. The van der Waals surface area contributed by atoms with E-state index < -0.39 is 11.1 Å². The predicted molar refractivity (Wildman–Crippen MR) is 45.9 cm³/mol. The number of carbonyl (C=O) groups is 1. The van der Waals surface area contributed by atoms with Gasteiger partial charge in [-0.15, -0.1) is 0 Å². The molecule has 0 radical (unpaired) electrons. The summed E-state index contributed by atoms with van der Waals surface area (Å²) in [5.41, 5.74) is -0.0742. The molecule has 0 aliphatic carbocycles. The van der Waals surface area contributed by atoms with Gasteiger partial charge in [-0.1, -0.05) is 0 Å². The maximum atomic E-state index is 12.8. The Morgan fingerprint density at radius 3 is 2.58 bits per heavy atom. The Labute approximate surface area is 81.1 Å². The number of benzene rings is 1. The van der Waals surface area contributed by atoms with Gasteiger partial charge in [0, 0.05) is 5.56 Å². The van der Waals surface area contributed by atoms with Crippen molar-refractivity contribution < 1.29 is 14.3 Å². The highest BCUT2D eigenvalue weighted by atomic mass is 79.9. The molecule has 64 valence electrons. The molecule has 0 aliphatic rings. The molecule has 0 spiro atoms. The topological polar surface area (TPSA) is 37.3 Å². The van der Waals surface area contributed by atoms with Crippen molar-refractivity contribution in [2.75, 3.05) is 0 Å². The summed E-state index contributed by atoms with van der Waals surface area (Å²) in [4.78, 5) is 10.5. The quantitative estimate of drug-likeness (QED) is 0.781. The molecule has 1 N–H and O–H groups in total. The van der Waals surface area contributed by atoms with Crippen LogP contribution >= 0.6 is 27.5 Å². The minimum Gasteiger partial charge on any atom is -0.507 e. The summed E-state index contributed by atoms with van der Waals surface area (Å²) in [7, 11) is 0. The van der Waals surface area contributed by atoms with E-state index in [1.165, 1.54) is 0 Å². The Bertz CT molecular complexity index is 317. The first-order chi connectivity index (χ1) is 5.52. The third-order valence-electron chi connectivity index (χ3n) is 1.24. The summed E-state index contributed by atoms with van der Waals surface area (Å²) < 4.78 is 12.7. The van der Waals surface area contributed by atoms with E-state index in [1.807, 2.05) is 0 Å². The number of phenols is 1. The summed E-state index contributed by atoms with van der Waals surface area (Å²) >= 11 is 7.85. The highest BCUT2D eigenvalue weighted by Crippen LogP contribution is 2.28. The Kier molecular flexibility index (Phi) is 2.69. The standard InChI is InChI=1S/C7H3BrClFO2/c8-6-4(10)1-3(7(9)12)2-5(6)11/h1-2,11H. The van der Waals surface area contributed by atoms with E-state index in [0.29, 0.717) is 0 Å². The lowest BCUT2D eigenvalue weighted by Gasteiger charge is -1.99.